The molecule has 1 amide bonds. The Morgan fingerprint density at radius 1 is 1.06 bits per heavy atom. The van der Waals surface area contributed by atoms with Gasteiger partial charge < -0.3 is 20.7 Å². The second kappa shape index (κ2) is 8.70. The molecule has 6 rings (SSSR count). The van der Waals surface area contributed by atoms with Crippen LogP contribution >= 0.6 is 15.9 Å². The minimum atomic E-state index is -0.296. The Labute approximate surface area is 204 Å². The maximum absolute atomic E-state index is 13.7. The fourth-order valence-electron chi connectivity index (χ4n) is 6.96. The predicted octanol–water partition coefficient (Wildman–Crippen LogP) is 3.13. The average Bonchev–Trinajstić information content (AvgIpc) is 3.60. The van der Waals surface area contributed by atoms with Gasteiger partial charge in [-0.1, -0.05) is 34.8 Å². The molecule has 33 heavy (non-hydrogen) atoms. The quantitative estimate of drug-likeness (QED) is 0.363. The molecule has 0 aromatic heterocycles. The Morgan fingerprint density at radius 3 is 2.64 bits per heavy atom. The van der Waals surface area contributed by atoms with Crippen molar-refractivity contribution in [2.45, 2.75) is 92.9 Å². The highest BCUT2D eigenvalue weighted by Gasteiger charge is 2.52. The first-order chi connectivity index (χ1) is 16.0. The van der Waals surface area contributed by atoms with Crippen LogP contribution in [0.4, 0.5) is 5.69 Å². The number of alkyl halides is 1. The van der Waals surface area contributed by atoms with E-state index in [1.54, 1.807) is 0 Å². The number of likely N-dealkylation sites (tertiary alicyclic amines) is 1. The Hall–Kier alpha value is -1.35. The van der Waals surface area contributed by atoms with Gasteiger partial charge >= 0.3 is 0 Å². The fourth-order valence-corrected chi connectivity index (χ4v) is 7.52. The number of halogens is 1. The number of hydrogen-bond acceptors (Lipinski definition) is 6. The highest BCUT2D eigenvalue weighted by Crippen LogP contribution is 2.47. The van der Waals surface area contributed by atoms with Gasteiger partial charge in [0.25, 0.3) is 0 Å². The molecule has 3 aliphatic heterocycles. The van der Waals surface area contributed by atoms with Gasteiger partial charge in [0, 0.05) is 24.5 Å². The van der Waals surface area contributed by atoms with Gasteiger partial charge in [-0.25, -0.2) is 5.43 Å². The van der Waals surface area contributed by atoms with Gasteiger partial charge in [-0.3, -0.25) is 10.1 Å². The molecule has 7 atom stereocenters. The molecule has 8 heteroatoms. The second-order valence-corrected chi connectivity index (χ2v) is 11.9. The Morgan fingerprint density at radius 2 is 1.88 bits per heavy atom. The van der Waals surface area contributed by atoms with Gasteiger partial charge in [0.1, 0.15) is 5.75 Å². The van der Waals surface area contributed by atoms with E-state index in [1.165, 1.54) is 24.8 Å². The van der Waals surface area contributed by atoms with Crippen LogP contribution in [0, 0.1) is 11.8 Å². The lowest BCUT2D eigenvalue weighted by atomic mass is 9.79. The lowest BCUT2D eigenvalue weighted by molar-refractivity contribution is -0.143. The van der Waals surface area contributed by atoms with Gasteiger partial charge in [-0.05, 0) is 68.6 Å². The van der Waals surface area contributed by atoms with Crippen molar-refractivity contribution in [3.05, 3.63) is 23.8 Å². The number of nitrogens with two attached hydrogens (primary N) is 1. The summed E-state index contributed by atoms with van der Waals surface area (Å²) in [5, 5.41) is 16.5. The van der Waals surface area contributed by atoms with E-state index >= 15 is 0 Å². The number of hydrazine groups is 1. The number of nitrogens with one attached hydrogen (secondary N) is 2. The van der Waals surface area contributed by atoms with E-state index in [4.69, 9.17) is 5.73 Å². The SMILES string of the molecule is NC1NC(Br)CCC1C(=O)N1CCC2C3C(CCCCC31)NN2c1ccc(C2CC2)cc1O. The first-order valence-electron chi connectivity index (χ1n) is 12.9. The normalized spacial score (nSPS) is 38.7. The molecule has 3 heterocycles. The molecule has 3 saturated heterocycles. The van der Waals surface area contributed by atoms with Crippen LogP contribution in [0.15, 0.2) is 18.2 Å². The van der Waals surface area contributed by atoms with Gasteiger partial charge in [0.05, 0.1) is 28.8 Å². The average molecular weight is 519 g/mol. The van der Waals surface area contributed by atoms with Crippen molar-refractivity contribution in [2.75, 3.05) is 11.6 Å². The minimum absolute atomic E-state index is 0.151. The maximum atomic E-state index is 13.7. The summed E-state index contributed by atoms with van der Waals surface area (Å²) in [5.74, 6) is 1.46. The highest BCUT2D eigenvalue weighted by molar-refractivity contribution is 9.09. The van der Waals surface area contributed by atoms with Crippen LogP contribution in [0.5, 0.6) is 5.75 Å². The van der Waals surface area contributed by atoms with Crippen molar-refractivity contribution in [3.63, 3.8) is 0 Å². The number of benzene rings is 1. The number of aromatic hydroxyl groups is 1. The van der Waals surface area contributed by atoms with E-state index < -0.39 is 0 Å². The molecule has 0 radical (unpaired) electrons. The number of amides is 1. The zero-order chi connectivity index (χ0) is 22.7. The molecular formula is C25H36BrN5O2. The molecule has 0 spiro atoms. The fraction of sp³-hybridized carbons (Fsp3) is 0.720. The number of anilines is 1. The Bertz CT molecular complexity index is 911. The van der Waals surface area contributed by atoms with E-state index in [1.807, 2.05) is 6.07 Å². The van der Waals surface area contributed by atoms with E-state index in [2.05, 4.69) is 48.7 Å². The first kappa shape index (κ1) is 22.1. The van der Waals surface area contributed by atoms with E-state index in [0.29, 0.717) is 29.7 Å². The molecule has 5 fully saturated rings. The lowest BCUT2D eigenvalue weighted by Crippen LogP contribution is -2.61. The molecule has 2 aliphatic carbocycles. The number of phenolic OH excluding ortho intramolecular Hbond substituents is 1. The summed E-state index contributed by atoms with van der Waals surface area (Å²) >= 11 is 3.59. The number of hydrogen-bond donors (Lipinski definition) is 4. The summed E-state index contributed by atoms with van der Waals surface area (Å²) in [5.41, 5.74) is 12.3. The van der Waals surface area contributed by atoms with E-state index in [9.17, 15) is 9.90 Å². The third kappa shape index (κ3) is 3.97. The molecule has 5 aliphatic rings. The minimum Gasteiger partial charge on any atom is -0.506 e. The summed E-state index contributed by atoms with van der Waals surface area (Å²) < 4.78 is 0. The molecule has 2 saturated carbocycles. The zero-order valence-corrected chi connectivity index (χ0v) is 20.7. The van der Waals surface area contributed by atoms with Crippen molar-refractivity contribution in [2.24, 2.45) is 17.6 Å². The van der Waals surface area contributed by atoms with Crippen LogP contribution in [0.1, 0.15) is 69.3 Å². The van der Waals surface area contributed by atoms with Crippen molar-refractivity contribution in [3.8, 4) is 5.75 Å². The Balaban J connectivity index is 1.25. The van der Waals surface area contributed by atoms with Crippen LogP contribution in [-0.2, 0) is 4.79 Å². The number of phenols is 1. The third-order valence-electron chi connectivity index (χ3n) is 8.77. The number of nitrogens with zero attached hydrogens (tertiary/aromatic N) is 2. The van der Waals surface area contributed by atoms with Gasteiger partial charge in [-0.15, -0.1) is 0 Å². The summed E-state index contributed by atoms with van der Waals surface area (Å²) in [6, 6.07) is 7.12. The highest BCUT2D eigenvalue weighted by atomic mass is 79.9. The maximum Gasteiger partial charge on any atom is 0.228 e. The van der Waals surface area contributed by atoms with Crippen LogP contribution < -0.4 is 21.5 Å². The lowest BCUT2D eigenvalue weighted by Gasteiger charge is -2.47. The summed E-state index contributed by atoms with van der Waals surface area (Å²) in [4.78, 5) is 16.1. The van der Waals surface area contributed by atoms with Gasteiger partial charge in [0.15, 0.2) is 0 Å². The predicted molar refractivity (Wildman–Crippen MR) is 132 cm³/mol. The van der Waals surface area contributed by atoms with E-state index in [-0.39, 0.29) is 29.0 Å². The number of piperidine rings is 2. The molecule has 7 unspecified atom stereocenters. The van der Waals surface area contributed by atoms with Crippen LogP contribution in [-0.4, -0.2) is 51.7 Å². The number of carbonyl (C=O) groups is 1. The first-order valence-corrected chi connectivity index (χ1v) is 13.8. The van der Waals surface area contributed by atoms with Crippen molar-refractivity contribution >= 4 is 27.5 Å². The second-order valence-electron chi connectivity index (χ2n) is 10.8. The van der Waals surface area contributed by atoms with E-state index in [0.717, 1.165) is 50.8 Å². The summed E-state index contributed by atoms with van der Waals surface area (Å²) in [6.45, 7) is 0.761. The van der Waals surface area contributed by atoms with Crippen molar-refractivity contribution < 1.29 is 9.90 Å². The molecule has 1 aromatic carbocycles. The summed E-state index contributed by atoms with van der Waals surface area (Å²) in [7, 11) is 0. The number of rotatable bonds is 3. The molecule has 7 nitrogen and oxygen atoms in total. The smallest absolute Gasteiger partial charge is 0.228 e. The standard InChI is InChI=1S/C25H36BrN5O2/c26-22-10-8-16(24(27)28-22)25(33)30-12-11-20-23-17(3-1-2-4-19(23)30)29-31(20)18-9-7-15(13-21(18)32)14-5-6-14/h7,9,13-14,16-17,19-20,22-24,28-29,32H,1-6,8,10-12,27H2. The largest absolute Gasteiger partial charge is 0.506 e. The number of carbonyl (C=O) groups excluding carboxylic acids is 1. The van der Waals surface area contributed by atoms with Crippen LogP contribution in [0.2, 0.25) is 0 Å². The molecule has 1 aromatic rings. The topological polar surface area (TPSA) is 93.9 Å². The van der Waals surface area contributed by atoms with Gasteiger partial charge in [0.2, 0.25) is 5.91 Å². The van der Waals surface area contributed by atoms with Gasteiger partial charge in [-0.2, -0.15) is 0 Å². The zero-order valence-electron chi connectivity index (χ0n) is 19.1. The monoisotopic (exact) mass is 517 g/mol. The molecule has 180 valence electrons. The summed E-state index contributed by atoms with van der Waals surface area (Å²) in [6.07, 6.45) is 9.34. The van der Waals surface area contributed by atoms with Crippen LogP contribution in [0.3, 0.4) is 0 Å². The van der Waals surface area contributed by atoms with Crippen molar-refractivity contribution in [1.29, 1.82) is 0 Å². The molecular weight excluding hydrogens is 482 g/mol. The molecule has 0 bridgehead atoms. The Kier molecular flexibility index (Phi) is 5.84. The third-order valence-corrected chi connectivity index (χ3v) is 9.49. The van der Waals surface area contributed by atoms with Crippen molar-refractivity contribution in [1.82, 2.24) is 15.6 Å². The molecule has 5 N–H and O–H groups in total. The van der Waals surface area contributed by atoms with Crippen LogP contribution in [0.25, 0.3) is 0 Å².